The van der Waals surface area contributed by atoms with E-state index in [-0.39, 0.29) is 42.9 Å². The Bertz CT molecular complexity index is 1630. The first-order valence-corrected chi connectivity index (χ1v) is 14.7. The van der Waals surface area contributed by atoms with Gasteiger partial charge in [-0.3, -0.25) is 0 Å². The van der Waals surface area contributed by atoms with Crippen LogP contribution >= 0.6 is 22.9 Å². The number of hydrogen-bond donors (Lipinski definition) is 2. The van der Waals surface area contributed by atoms with Crippen molar-refractivity contribution in [3.8, 4) is 17.1 Å². The third kappa shape index (κ3) is 4.52. The van der Waals surface area contributed by atoms with Crippen molar-refractivity contribution < 1.29 is 13.5 Å². The van der Waals surface area contributed by atoms with E-state index in [2.05, 4.69) is 25.1 Å². The zero-order valence-electron chi connectivity index (χ0n) is 22.3. The largest absolute Gasteiger partial charge is 0.463 e. The molecule has 3 aliphatic rings. The van der Waals surface area contributed by atoms with Crippen molar-refractivity contribution in [1.82, 2.24) is 25.2 Å². The van der Waals surface area contributed by atoms with Crippen LogP contribution in [0.1, 0.15) is 25.7 Å². The summed E-state index contributed by atoms with van der Waals surface area (Å²) in [5, 5.41) is 4.52. The predicted molar refractivity (Wildman–Crippen MR) is 155 cm³/mol. The smallest absolute Gasteiger partial charge is 0.319 e. The summed E-state index contributed by atoms with van der Waals surface area (Å²) in [6, 6.07) is 5.32. The summed E-state index contributed by atoms with van der Waals surface area (Å²) in [5.41, 5.74) is 6.80. The molecule has 2 unspecified atom stereocenters. The highest BCUT2D eigenvalue weighted by molar-refractivity contribution is 7.22. The molecule has 4 aromatic rings. The second kappa shape index (κ2) is 9.61. The van der Waals surface area contributed by atoms with E-state index in [1.165, 1.54) is 12.1 Å². The fraction of sp³-hybridized carbons (Fsp3) is 0.464. The van der Waals surface area contributed by atoms with Crippen LogP contribution in [0.3, 0.4) is 0 Å². The maximum atomic E-state index is 16.6. The van der Waals surface area contributed by atoms with Crippen LogP contribution in [-0.4, -0.2) is 72.3 Å². The quantitative estimate of drug-likeness (QED) is 0.310. The number of nitrogens with two attached hydrogens (primary N) is 1. The maximum absolute atomic E-state index is 16.6. The molecule has 1 saturated carbocycles. The summed E-state index contributed by atoms with van der Waals surface area (Å²) in [6.07, 6.45) is 4.32. The fourth-order valence-electron chi connectivity index (χ4n) is 6.29. The number of nitrogens with one attached hydrogen (secondary N) is 1. The van der Waals surface area contributed by atoms with E-state index in [0.29, 0.717) is 35.5 Å². The highest BCUT2D eigenvalue weighted by Crippen LogP contribution is 2.47. The molecule has 12 heteroatoms. The van der Waals surface area contributed by atoms with Gasteiger partial charge in [0.1, 0.15) is 17.2 Å². The summed E-state index contributed by atoms with van der Waals surface area (Å²) >= 11 is 7.79. The molecule has 0 radical (unpaired) electrons. The number of halogens is 3. The molecular formula is C28H30ClF2N7OS. The number of anilines is 2. The van der Waals surface area contributed by atoms with E-state index < -0.39 is 11.6 Å². The van der Waals surface area contributed by atoms with Crippen LogP contribution in [0, 0.1) is 17.0 Å². The van der Waals surface area contributed by atoms with Gasteiger partial charge in [0.15, 0.2) is 10.9 Å². The molecule has 2 aromatic carbocycles. The lowest BCUT2D eigenvalue weighted by molar-refractivity contribution is 0.183. The first kappa shape index (κ1) is 26.1. The molecule has 2 aliphatic heterocycles. The lowest BCUT2D eigenvalue weighted by Crippen LogP contribution is -2.51. The normalized spacial score (nSPS) is 21.6. The number of benzene rings is 2. The second-order valence-corrected chi connectivity index (χ2v) is 13.1. The average molecular weight is 586 g/mol. The Morgan fingerprint density at radius 3 is 2.60 bits per heavy atom. The Morgan fingerprint density at radius 1 is 1.15 bits per heavy atom. The van der Waals surface area contributed by atoms with Gasteiger partial charge in [0, 0.05) is 53.6 Å². The van der Waals surface area contributed by atoms with Crippen LogP contribution in [-0.2, 0) is 0 Å². The Hall–Kier alpha value is -2.86. The van der Waals surface area contributed by atoms with E-state index >= 15 is 4.39 Å². The summed E-state index contributed by atoms with van der Waals surface area (Å²) in [5.74, 6) is -0.473. The van der Waals surface area contributed by atoms with Gasteiger partial charge >= 0.3 is 6.01 Å². The van der Waals surface area contributed by atoms with Crippen molar-refractivity contribution in [3.05, 3.63) is 34.9 Å². The van der Waals surface area contributed by atoms with E-state index in [0.717, 1.165) is 56.7 Å². The number of piperazine rings is 1. The third-order valence-corrected chi connectivity index (χ3v) is 9.45. The lowest BCUT2D eigenvalue weighted by Gasteiger charge is -2.34. The number of rotatable bonds is 7. The summed E-state index contributed by atoms with van der Waals surface area (Å²) in [6.45, 7) is 2.87. The highest BCUT2D eigenvalue weighted by Gasteiger charge is 2.44. The van der Waals surface area contributed by atoms with Gasteiger partial charge in [0.2, 0.25) is 0 Å². The first-order chi connectivity index (χ1) is 19.2. The molecule has 3 fully saturated rings. The molecule has 0 amide bonds. The fourth-order valence-corrected chi connectivity index (χ4v) is 7.35. The van der Waals surface area contributed by atoms with E-state index in [4.69, 9.17) is 27.1 Å². The van der Waals surface area contributed by atoms with Crippen LogP contribution < -0.4 is 20.7 Å². The second-order valence-electron chi connectivity index (χ2n) is 11.7. The number of hydrogen-bond acceptors (Lipinski definition) is 9. The van der Waals surface area contributed by atoms with Crippen LogP contribution in [0.25, 0.3) is 32.2 Å². The molecule has 3 N–H and O–H groups in total. The number of ether oxygens (including phenoxy) is 1. The van der Waals surface area contributed by atoms with Crippen molar-refractivity contribution in [2.75, 3.05) is 51.0 Å². The Balaban J connectivity index is 1.37. The van der Waals surface area contributed by atoms with Gasteiger partial charge < -0.3 is 25.6 Å². The minimum absolute atomic E-state index is 0.0596. The average Bonchev–Trinajstić information content (AvgIpc) is 3.41. The van der Waals surface area contributed by atoms with Gasteiger partial charge in [-0.15, -0.1) is 0 Å². The monoisotopic (exact) mass is 585 g/mol. The van der Waals surface area contributed by atoms with Gasteiger partial charge in [-0.05, 0) is 58.0 Å². The van der Waals surface area contributed by atoms with Gasteiger partial charge in [-0.1, -0.05) is 22.9 Å². The lowest BCUT2D eigenvalue weighted by atomic mass is 10.0. The standard InChI is InChI=1S/C28H30ClF2N7OS/c1-37(2)12-28(7-8-28)13-39-27-35-22-17(25(36-27)38-10-14-3-4-15(11-38)33-14)9-18(29)20(21(22)31)16-5-6-19(30)24-23(16)34-26(32)40-24/h5-6,9,14-15,33H,3-4,7-8,10-13H2,1-2H3,(H2,32,34). The van der Waals surface area contributed by atoms with Crippen molar-refractivity contribution in [3.63, 3.8) is 0 Å². The SMILES string of the molecule is CN(C)CC1(COc2nc(N3CC4CCC(C3)N4)c3cc(Cl)c(-c4ccc(F)c5sc(N)nc45)c(F)c3n2)CC1. The number of fused-ring (bicyclic) bond motifs is 4. The van der Waals surface area contributed by atoms with Gasteiger partial charge in [-0.25, -0.2) is 13.8 Å². The van der Waals surface area contributed by atoms with Crippen LogP contribution in [0.5, 0.6) is 6.01 Å². The summed E-state index contributed by atoms with van der Waals surface area (Å²) in [4.78, 5) is 18.0. The molecule has 40 heavy (non-hydrogen) atoms. The Morgan fingerprint density at radius 2 is 1.90 bits per heavy atom. The molecule has 1 aliphatic carbocycles. The molecule has 8 nitrogen and oxygen atoms in total. The zero-order valence-corrected chi connectivity index (χ0v) is 23.9. The molecule has 0 spiro atoms. The van der Waals surface area contributed by atoms with Gasteiger partial charge in [0.05, 0.1) is 21.8 Å². The van der Waals surface area contributed by atoms with Crippen molar-refractivity contribution in [2.24, 2.45) is 5.41 Å². The minimum Gasteiger partial charge on any atom is -0.463 e. The van der Waals surface area contributed by atoms with Crippen molar-refractivity contribution in [2.45, 2.75) is 37.8 Å². The van der Waals surface area contributed by atoms with E-state index in [9.17, 15) is 4.39 Å². The molecule has 2 bridgehead atoms. The summed E-state index contributed by atoms with van der Waals surface area (Å²) in [7, 11) is 4.10. The molecule has 2 atom stereocenters. The van der Waals surface area contributed by atoms with Crippen molar-refractivity contribution in [1.29, 1.82) is 0 Å². The number of nitrogens with zero attached hydrogens (tertiary/aromatic N) is 5. The molecular weight excluding hydrogens is 556 g/mol. The molecule has 2 saturated heterocycles. The van der Waals surface area contributed by atoms with Crippen LogP contribution in [0.2, 0.25) is 5.02 Å². The molecule has 210 valence electrons. The van der Waals surface area contributed by atoms with Gasteiger partial charge in [0.25, 0.3) is 0 Å². The number of nitrogen functional groups attached to an aromatic ring is 1. The molecule has 2 aromatic heterocycles. The van der Waals surface area contributed by atoms with E-state index in [1.54, 1.807) is 6.07 Å². The predicted octanol–water partition coefficient (Wildman–Crippen LogP) is 5.08. The molecule has 7 rings (SSSR count). The Labute approximate surface area is 239 Å². The topological polar surface area (TPSA) is 92.4 Å². The number of thiazole rings is 1. The molecule has 4 heterocycles. The maximum Gasteiger partial charge on any atom is 0.319 e. The van der Waals surface area contributed by atoms with Crippen LogP contribution in [0.4, 0.5) is 19.7 Å². The highest BCUT2D eigenvalue weighted by atomic mass is 35.5. The minimum atomic E-state index is -0.622. The number of aromatic nitrogens is 3. The summed E-state index contributed by atoms with van der Waals surface area (Å²) < 4.78 is 37.6. The zero-order chi connectivity index (χ0) is 27.8. The van der Waals surface area contributed by atoms with Crippen LogP contribution in [0.15, 0.2) is 18.2 Å². The van der Waals surface area contributed by atoms with Crippen molar-refractivity contribution >= 4 is 55.0 Å². The van der Waals surface area contributed by atoms with E-state index in [1.807, 2.05) is 14.1 Å². The Kier molecular flexibility index (Phi) is 6.26. The third-order valence-electron chi connectivity index (χ3n) is 8.26. The van der Waals surface area contributed by atoms with Gasteiger partial charge in [-0.2, -0.15) is 9.97 Å². The first-order valence-electron chi connectivity index (χ1n) is 13.5.